The fraction of sp³-hybridized carbons (Fsp3) is 0. The van der Waals surface area contributed by atoms with Crippen LogP contribution >= 0.6 is 0 Å². The van der Waals surface area contributed by atoms with Crippen LogP contribution in [0.4, 0.5) is 0 Å². The Labute approximate surface area is 74.1 Å². The van der Waals surface area contributed by atoms with Crippen molar-refractivity contribution in [3.63, 3.8) is 0 Å². The van der Waals surface area contributed by atoms with E-state index in [2.05, 4.69) is 0 Å². The maximum Gasteiger partial charge on any atom is 2.00 e. The van der Waals surface area contributed by atoms with Crippen molar-refractivity contribution in [2.24, 2.45) is 0 Å². The molecule has 0 saturated heterocycles. The average Bonchev–Trinajstić information content (AvgIpc) is 0. The minimum atomic E-state index is 0. The zero-order valence-electron chi connectivity index (χ0n) is 2.44. The van der Waals surface area contributed by atoms with E-state index in [0.717, 1.165) is 0 Å². The van der Waals surface area contributed by atoms with Crippen LogP contribution in [0.15, 0.2) is 0 Å². The van der Waals surface area contributed by atoms with Crippen molar-refractivity contribution in [2.45, 2.75) is 0 Å². The van der Waals surface area contributed by atoms with Gasteiger partial charge in [0.15, 0.2) is 0 Å². The third kappa shape index (κ3) is 23.4. The van der Waals surface area contributed by atoms with Gasteiger partial charge in [-0.05, 0) is 0 Å². The van der Waals surface area contributed by atoms with Crippen LogP contribution in [0.3, 0.4) is 0 Å². The van der Waals surface area contributed by atoms with Gasteiger partial charge in [-0.15, -0.1) is 0 Å². The number of rotatable bonds is 0. The molecule has 0 aromatic heterocycles. The Kier molecular flexibility index (Phi) is 440. The van der Waals surface area contributed by atoms with Gasteiger partial charge in [0, 0.05) is 0 Å². The summed E-state index contributed by atoms with van der Waals surface area (Å²) in [6, 6.07) is 0. The second kappa shape index (κ2) is 36.3. The molecular formula is CoLiMnNiO+5. The molecule has 1 nitrogen and oxygen atoms in total. The summed E-state index contributed by atoms with van der Waals surface area (Å²) >= 11 is 0. The normalized spacial score (nSPS) is 0. The zero-order chi connectivity index (χ0) is 0. The average molecular weight is 196 g/mol. The molecule has 0 aliphatic heterocycles. The first-order valence-corrected chi connectivity index (χ1v) is 0. The largest absolute Gasteiger partial charge is 2.00 e. The van der Waals surface area contributed by atoms with E-state index in [1.807, 2.05) is 0 Å². The maximum absolute atomic E-state index is 0. The van der Waals surface area contributed by atoms with Crippen LogP contribution in [-0.4, -0.2) is 0 Å². The van der Waals surface area contributed by atoms with Crippen molar-refractivity contribution in [2.75, 3.05) is 0 Å². The van der Waals surface area contributed by atoms with Gasteiger partial charge in [-0.1, -0.05) is 0 Å². The molecule has 0 aliphatic rings. The Morgan fingerprint density at radius 2 is 1.00 bits per heavy atom. The van der Waals surface area contributed by atoms with E-state index in [-0.39, 0.29) is 74.7 Å². The Morgan fingerprint density at radius 3 is 1.00 bits per heavy atom. The molecule has 0 unspecified atom stereocenters. The second-order valence-corrected chi connectivity index (χ2v) is 0. The van der Waals surface area contributed by atoms with Crippen LogP contribution in [0, 0.1) is 0 Å². The van der Waals surface area contributed by atoms with Gasteiger partial charge >= 0.3 is 69.2 Å². The topological polar surface area (TPSA) is 28.5 Å². The molecule has 0 rings (SSSR count). The third-order valence-electron chi connectivity index (χ3n) is 0. The van der Waals surface area contributed by atoms with Crippen molar-refractivity contribution in [1.29, 1.82) is 0 Å². The van der Waals surface area contributed by atoms with Crippen molar-refractivity contribution >= 4 is 0 Å². The van der Waals surface area contributed by atoms with Gasteiger partial charge in [0.1, 0.15) is 0 Å². The molecule has 0 aliphatic carbocycles. The van der Waals surface area contributed by atoms with E-state index >= 15 is 0 Å². The van der Waals surface area contributed by atoms with Crippen LogP contribution in [0.2, 0.25) is 0 Å². The smallest absolute Gasteiger partial charge is 2.00 e. The van der Waals surface area contributed by atoms with Crippen LogP contribution < -0.4 is 18.9 Å². The summed E-state index contributed by atoms with van der Waals surface area (Å²) in [4.78, 5) is 0. The molecule has 0 aromatic carbocycles. The minimum absolute atomic E-state index is 0. The molecule has 0 bridgehead atoms. The summed E-state index contributed by atoms with van der Waals surface area (Å²) in [5, 5.41) is 0. The van der Waals surface area contributed by atoms with Crippen LogP contribution in [-0.2, 0) is 55.8 Å². The van der Waals surface area contributed by atoms with Gasteiger partial charge in [-0.2, -0.15) is 0 Å². The molecule has 0 fully saturated rings. The summed E-state index contributed by atoms with van der Waals surface area (Å²) in [6.45, 7) is 0. The van der Waals surface area contributed by atoms with Crippen molar-refractivity contribution in [3.05, 3.63) is 0 Å². The van der Waals surface area contributed by atoms with E-state index in [4.69, 9.17) is 0 Å². The summed E-state index contributed by atoms with van der Waals surface area (Å²) in [7, 11) is 0. The summed E-state index contributed by atoms with van der Waals surface area (Å²) in [5.74, 6) is 0. The summed E-state index contributed by atoms with van der Waals surface area (Å²) < 4.78 is 0. The van der Waals surface area contributed by atoms with Gasteiger partial charge in [-0.25, -0.2) is 0 Å². The van der Waals surface area contributed by atoms with Gasteiger partial charge in [0.2, 0.25) is 0 Å². The third-order valence-corrected chi connectivity index (χ3v) is 0. The molecule has 0 N–H and O–H groups in total. The summed E-state index contributed by atoms with van der Waals surface area (Å²) in [5.41, 5.74) is 0. The van der Waals surface area contributed by atoms with E-state index in [0.29, 0.717) is 0 Å². The zero-order valence-corrected chi connectivity index (χ0v) is 5.64. The fourth-order valence-electron chi connectivity index (χ4n) is 0. The molecule has 0 atom stereocenters. The number of hydrogen-bond donors (Lipinski definition) is 0. The summed E-state index contributed by atoms with van der Waals surface area (Å²) in [6.07, 6.45) is 0. The molecule has 2 radical (unpaired) electrons. The van der Waals surface area contributed by atoms with E-state index in [1.54, 1.807) is 0 Å². The predicted molar refractivity (Wildman–Crippen MR) is 0.686 cm³/mol. The van der Waals surface area contributed by atoms with Gasteiger partial charge in [0.05, 0.1) is 0 Å². The molecule has 5 heteroatoms. The minimum Gasteiger partial charge on any atom is -2.00 e. The van der Waals surface area contributed by atoms with Gasteiger partial charge < -0.3 is 5.48 Å². The van der Waals surface area contributed by atoms with Crippen molar-refractivity contribution in [3.8, 4) is 0 Å². The Morgan fingerprint density at radius 1 is 1.00 bits per heavy atom. The van der Waals surface area contributed by atoms with Crippen LogP contribution in [0.5, 0.6) is 0 Å². The first kappa shape index (κ1) is 60.6. The SMILES string of the molecule is [Co+2].[Li+].[Mn+2].[Ni+2].[O-2]. The molecule has 28 valence electrons. The van der Waals surface area contributed by atoms with Crippen LogP contribution in [0.25, 0.3) is 0 Å². The molecular weight excluding hydrogens is 196 g/mol. The maximum atomic E-state index is 0. The van der Waals surface area contributed by atoms with Crippen molar-refractivity contribution < 1.29 is 74.7 Å². The Hall–Kier alpha value is 2.08. The molecule has 0 amide bonds. The van der Waals surface area contributed by atoms with E-state index in [9.17, 15) is 0 Å². The van der Waals surface area contributed by atoms with Gasteiger partial charge in [-0.3, -0.25) is 0 Å². The second-order valence-electron chi connectivity index (χ2n) is 0. The standard InChI is InChI=1S/Co.Li.Mn.Ni.O/q+2;+1;2*+2;-2. The molecule has 0 aromatic rings. The first-order valence-electron chi connectivity index (χ1n) is 0. The monoisotopic (exact) mass is 195 g/mol. The first-order chi connectivity index (χ1) is 0. The molecule has 5 heavy (non-hydrogen) atoms. The quantitative estimate of drug-likeness (QED) is 0.366. The molecule has 0 heterocycles. The molecule has 0 spiro atoms. The van der Waals surface area contributed by atoms with Gasteiger partial charge in [0.25, 0.3) is 0 Å². The predicted octanol–water partition coefficient (Wildman–Crippen LogP) is -3.12. The fourth-order valence-corrected chi connectivity index (χ4v) is 0. The molecule has 0 saturated carbocycles. The Bertz CT molecular complexity index is 11.6. The number of hydrogen-bond acceptors (Lipinski definition) is 0. The van der Waals surface area contributed by atoms with E-state index < -0.39 is 0 Å². The van der Waals surface area contributed by atoms with Crippen molar-refractivity contribution in [1.82, 2.24) is 0 Å². The Balaban J connectivity index is 0. The van der Waals surface area contributed by atoms with Crippen LogP contribution in [0.1, 0.15) is 0 Å². The van der Waals surface area contributed by atoms with E-state index in [1.165, 1.54) is 0 Å².